The third-order valence-electron chi connectivity index (χ3n) is 4.55. The van der Waals surface area contributed by atoms with Crippen LogP contribution in [0.25, 0.3) is 0 Å². The molecule has 1 saturated carbocycles. The minimum absolute atomic E-state index is 0.0871. The van der Waals surface area contributed by atoms with Crippen LogP contribution in [0.2, 0.25) is 0 Å². The van der Waals surface area contributed by atoms with E-state index in [1.165, 1.54) is 6.07 Å². The van der Waals surface area contributed by atoms with E-state index in [0.29, 0.717) is 5.56 Å². The molecule has 136 valence electrons. The number of alkyl halides is 3. The minimum Gasteiger partial charge on any atom is -0.479 e. The molecule has 2 aliphatic rings. The van der Waals surface area contributed by atoms with E-state index in [1.54, 1.807) is 6.07 Å². The molecule has 0 bridgehead atoms. The molecule has 1 amide bonds. The zero-order valence-electron chi connectivity index (χ0n) is 13.3. The highest BCUT2D eigenvalue weighted by Gasteiger charge is 2.39. The maximum atomic E-state index is 12.9. The number of rotatable bonds is 5. The average Bonchev–Trinajstić information content (AvgIpc) is 3.26. The summed E-state index contributed by atoms with van der Waals surface area (Å²) in [5.74, 6) is -1.51. The van der Waals surface area contributed by atoms with Crippen LogP contribution in [0.1, 0.15) is 42.9 Å². The number of carboxylic acids is 1. The van der Waals surface area contributed by atoms with Crippen molar-refractivity contribution in [3.63, 3.8) is 0 Å². The van der Waals surface area contributed by atoms with Crippen LogP contribution in [-0.4, -0.2) is 29.2 Å². The van der Waals surface area contributed by atoms with Gasteiger partial charge in [-0.25, -0.2) is 4.79 Å². The van der Waals surface area contributed by atoms with E-state index in [9.17, 15) is 22.8 Å². The largest absolute Gasteiger partial charge is 0.479 e. The summed E-state index contributed by atoms with van der Waals surface area (Å²) in [5, 5.41) is 11.7. The first-order valence-corrected chi connectivity index (χ1v) is 8.11. The summed E-state index contributed by atoms with van der Waals surface area (Å²) in [7, 11) is 0. The van der Waals surface area contributed by atoms with Crippen molar-refractivity contribution < 1.29 is 32.6 Å². The first kappa shape index (κ1) is 17.7. The van der Waals surface area contributed by atoms with Gasteiger partial charge in [0.2, 0.25) is 5.91 Å². The van der Waals surface area contributed by atoms with Gasteiger partial charge in [-0.05, 0) is 49.3 Å². The normalized spacial score (nSPS) is 24.8. The molecule has 25 heavy (non-hydrogen) atoms. The zero-order chi connectivity index (χ0) is 18.2. The standard InChI is InChI=1S/C17H18F3NO4/c18-17(19,20)11-3-1-2-10(8-11)14(9-4-5-9)21-15(22)12-6-7-13(25-12)16(23)24/h1-3,8-9,12-14H,4-7H2,(H,21,22)(H,23,24)/t12-,13+,14?/m0/s1. The Morgan fingerprint density at radius 2 is 1.84 bits per heavy atom. The fourth-order valence-electron chi connectivity index (χ4n) is 3.07. The van der Waals surface area contributed by atoms with E-state index in [1.807, 2.05) is 0 Å². The Balaban J connectivity index is 1.72. The van der Waals surface area contributed by atoms with Crippen molar-refractivity contribution in [2.45, 2.75) is 50.1 Å². The quantitative estimate of drug-likeness (QED) is 0.850. The first-order valence-electron chi connectivity index (χ1n) is 8.11. The molecule has 1 aliphatic heterocycles. The molecule has 0 spiro atoms. The van der Waals surface area contributed by atoms with Crippen LogP contribution >= 0.6 is 0 Å². The molecule has 0 radical (unpaired) electrons. The summed E-state index contributed by atoms with van der Waals surface area (Å²) in [6.45, 7) is 0. The second-order valence-corrected chi connectivity index (χ2v) is 6.48. The van der Waals surface area contributed by atoms with Crippen molar-refractivity contribution in [1.29, 1.82) is 0 Å². The van der Waals surface area contributed by atoms with Crippen molar-refractivity contribution in [2.75, 3.05) is 0 Å². The Bertz CT molecular complexity index is 672. The number of halogens is 3. The van der Waals surface area contributed by atoms with E-state index >= 15 is 0 Å². The van der Waals surface area contributed by atoms with E-state index in [0.717, 1.165) is 25.0 Å². The van der Waals surface area contributed by atoms with Gasteiger partial charge in [0.1, 0.15) is 6.10 Å². The highest BCUT2D eigenvalue weighted by atomic mass is 19.4. The molecule has 5 nitrogen and oxygen atoms in total. The number of carboxylic acid groups (broad SMARTS) is 1. The lowest BCUT2D eigenvalue weighted by Crippen LogP contribution is -2.38. The first-order chi connectivity index (χ1) is 11.8. The lowest BCUT2D eigenvalue weighted by Gasteiger charge is -2.22. The lowest BCUT2D eigenvalue weighted by atomic mass is 9.99. The van der Waals surface area contributed by atoms with Crippen LogP contribution in [0.5, 0.6) is 0 Å². The number of benzene rings is 1. The topological polar surface area (TPSA) is 75.6 Å². The minimum atomic E-state index is -4.45. The van der Waals surface area contributed by atoms with Gasteiger partial charge in [-0.2, -0.15) is 13.2 Å². The summed E-state index contributed by atoms with van der Waals surface area (Å²) < 4.78 is 43.9. The molecule has 1 unspecified atom stereocenters. The molecule has 1 saturated heterocycles. The van der Waals surface area contributed by atoms with Crippen molar-refractivity contribution in [3.8, 4) is 0 Å². The number of carbonyl (C=O) groups is 2. The Hall–Kier alpha value is -2.09. The smallest absolute Gasteiger partial charge is 0.416 e. The Morgan fingerprint density at radius 3 is 2.40 bits per heavy atom. The molecule has 1 aromatic rings. The van der Waals surface area contributed by atoms with Crippen molar-refractivity contribution in [1.82, 2.24) is 5.32 Å². The number of carbonyl (C=O) groups excluding carboxylic acids is 1. The maximum absolute atomic E-state index is 12.9. The molecule has 8 heteroatoms. The monoisotopic (exact) mass is 357 g/mol. The van der Waals surface area contributed by atoms with Gasteiger partial charge < -0.3 is 15.2 Å². The molecule has 1 heterocycles. The number of aliphatic carboxylic acids is 1. The summed E-state index contributed by atoms with van der Waals surface area (Å²) in [5.41, 5.74) is -0.355. The van der Waals surface area contributed by atoms with Crippen LogP contribution in [-0.2, 0) is 20.5 Å². The van der Waals surface area contributed by atoms with E-state index in [4.69, 9.17) is 9.84 Å². The second-order valence-electron chi connectivity index (χ2n) is 6.48. The Labute approximate surface area is 142 Å². The number of ether oxygens (including phenoxy) is 1. The van der Waals surface area contributed by atoms with E-state index < -0.39 is 41.9 Å². The molecule has 3 rings (SSSR count). The van der Waals surface area contributed by atoms with Crippen LogP contribution in [0.3, 0.4) is 0 Å². The number of nitrogens with one attached hydrogen (secondary N) is 1. The number of amides is 1. The average molecular weight is 357 g/mol. The Morgan fingerprint density at radius 1 is 1.16 bits per heavy atom. The van der Waals surface area contributed by atoms with E-state index in [-0.39, 0.29) is 18.8 Å². The van der Waals surface area contributed by atoms with Crippen molar-refractivity contribution in [2.24, 2.45) is 5.92 Å². The van der Waals surface area contributed by atoms with Gasteiger partial charge in [-0.1, -0.05) is 12.1 Å². The van der Waals surface area contributed by atoms with Gasteiger partial charge >= 0.3 is 12.1 Å². The molecule has 1 aromatic carbocycles. The van der Waals surface area contributed by atoms with Gasteiger partial charge in [0.25, 0.3) is 0 Å². The predicted molar refractivity (Wildman–Crippen MR) is 80.6 cm³/mol. The fraction of sp³-hybridized carbons (Fsp3) is 0.529. The van der Waals surface area contributed by atoms with Gasteiger partial charge in [0.05, 0.1) is 11.6 Å². The summed E-state index contributed by atoms with van der Waals surface area (Å²) in [6, 6.07) is 4.41. The predicted octanol–water partition coefficient (Wildman–Crippen LogP) is 2.90. The number of hydrogen-bond acceptors (Lipinski definition) is 3. The van der Waals surface area contributed by atoms with Crippen LogP contribution in [0.15, 0.2) is 24.3 Å². The highest BCUT2D eigenvalue weighted by Crippen LogP contribution is 2.42. The molecular formula is C17H18F3NO4. The summed E-state index contributed by atoms with van der Waals surface area (Å²) in [6.07, 6.45) is -4.17. The van der Waals surface area contributed by atoms with Crippen molar-refractivity contribution in [3.05, 3.63) is 35.4 Å². The second kappa shape index (κ2) is 6.67. The Kier molecular flexibility index (Phi) is 4.73. The van der Waals surface area contributed by atoms with Crippen LogP contribution in [0, 0.1) is 5.92 Å². The van der Waals surface area contributed by atoms with Gasteiger partial charge in [-0.3, -0.25) is 4.79 Å². The third kappa shape index (κ3) is 4.12. The molecule has 3 atom stereocenters. The summed E-state index contributed by atoms with van der Waals surface area (Å²) >= 11 is 0. The number of hydrogen-bond donors (Lipinski definition) is 2. The van der Waals surface area contributed by atoms with Crippen LogP contribution < -0.4 is 5.32 Å². The maximum Gasteiger partial charge on any atom is 0.416 e. The summed E-state index contributed by atoms with van der Waals surface area (Å²) in [4.78, 5) is 23.3. The third-order valence-corrected chi connectivity index (χ3v) is 4.55. The lowest BCUT2D eigenvalue weighted by molar-refractivity contribution is -0.152. The van der Waals surface area contributed by atoms with E-state index in [2.05, 4.69) is 5.32 Å². The molecule has 2 fully saturated rings. The van der Waals surface area contributed by atoms with Gasteiger partial charge in [0.15, 0.2) is 6.10 Å². The SMILES string of the molecule is O=C(NC(c1cccc(C(F)(F)F)c1)C1CC1)[C@@H]1CC[C@H](C(=O)O)O1. The highest BCUT2D eigenvalue weighted by molar-refractivity contribution is 5.83. The molecule has 1 aliphatic carbocycles. The van der Waals surface area contributed by atoms with Gasteiger partial charge in [-0.15, -0.1) is 0 Å². The van der Waals surface area contributed by atoms with Gasteiger partial charge in [0, 0.05) is 0 Å². The zero-order valence-corrected chi connectivity index (χ0v) is 13.3. The molecule has 0 aromatic heterocycles. The van der Waals surface area contributed by atoms with Crippen LogP contribution in [0.4, 0.5) is 13.2 Å². The molecule has 2 N–H and O–H groups in total. The van der Waals surface area contributed by atoms with Crippen molar-refractivity contribution >= 4 is 11.9 Å². The fourth-order valence-corrected chi connectivity index (χ4v) is 3.07. The molecular weight excluding hydrogens is 339 g/mol.